The second-order valence-electron chi connectivity index (χ2n) is 5.41. The van der Waals surface area contributed by atoms with Crippen LogP contribution in [0.5, 0.6) is 5.75 Å². The van der Waals surface area contributed by atoms with Crippen LogP contribution in [0.4, 0.5) is 18.9 Å². The van der Waals surface area contributed by atoms with Crippen molar-refractivity contribution in [3.8, 4) is 5.75 Å². The quantitative estimate of drug-likeness (QED) is 0.691. The van der Waals surface area contributed by atoms with Crippen molar-refractivity contribution in [3.63, 3.8) is 0 Å². The minimum Gasteiger partial charge on any atom is -0.484 e. The number of rotatable bonds is 7. The molecule has 0 fully saturated rings. The molecule has 0 saturated carbocycles. The van der Waals surface area contributed by atoms with Crippen LogP contribution < -0.4 is 10.1 Å². The summed E-state index contributed by atoms with van der Waals surface area (Å²) < 4.78 is 41.1. The van der Waals surface area contributed by atoms with Crippen molar-refractivity contribution in [2.75, 3.05) is 11.9 Å². The monoisotopic (exact) mass is 385 g/mol. The molecule has 0 saturated heterocycles. The molecule has 1 amide bonds. The SMILES string of the molecule is O=C(CCC(=O)c1ccc(Cl)cc1)Nc1cccc(OCC(F)(F)F)c1. The Bertz CT molecular complexity index is 776. The molecule has 2 rings (SSSR count). The van der Waals surface area contributed by atoms with E-state index in [0.717, 1.165) is 0 Å². The lowest BCUT2D eigenvalue weighted by atomic mass is 10.1. The van der Waals surface area contributed by atoms with Crippen LogP contribution in [0.1, 0.15) is 23.2 Å². The van der Waals surface area contributed by atoms with Gasteiger partial charge in [0.2, 0.25) is 5.91 Å². The molecular formula is C18H15ClF3NO3. The minimum absolute atomic E-state index is 0.00225. The van der Waals surface area contributed by atoms with Gasteiger partial charge in [0.15, 0.2) is 12.4 Å². The molecule has 26 heavy (non-hydrogen) atoms. The predicted octanol–water partition coefficient (Wildman–Crippen LogP) is 4.88. The average Bonchev–Trinajstić information content (AvgIpc) is 2.58. The molecule has 0 atom stereocenters. The van der Waals surface area contributed by atoms with Crippen LogP contribution >= 0.6 is 11.6 Å². The Kier molecular flexibility index (Phi) is 6.63. The Hall–Kier alpha value is -2.54. The zero-order valence-corrected chi connectivity index (χ0v) is 14.2. The van der Waals surface area contributed by atoms with Crippen LogP contribution in [0, 0.1) is 0 Å². The van der Waals surface area contributed by atoms with E-state index in [1.807, 2.05) is 0 Å². The van der Waals surface area contributed by atoms with Gasteiger partial charge in [-0.1, -0.05) is 17.7 Å². The summed E-state index contributed by atoms with van der Waals surface area (Å²) in [6, 6.07) is 11.9. The Morgan fingerprint density at radius 3 is 2.38 bits per heavy atom. The molecule has 138 valence electrons. The van der Waals surface area contributed by atoms with Crippen molar-refractivity contribution >= 4 is 29.0 Å². The van der Waals surface area contributed by atoms with Crippen molar-refractivity contribution in [1.82, 2.24) is 0 Å². The van der Waals surface area contributed by atoms with Gasteiger partial charge in [0.05, 0.1) is 0 Å². The number of hydrogen-bond donors (Lipinski definition) is 1. The average molecular weight is 386 g/mol. The van der Waals surface area contributed by atoms with Crippen molar-refractivity contribution in [2.45, 2.75) is 19.0 Å². The number of alkyl halides is 3. The van der Waals surface area contributed by atoms with E-state index < -0.39 is 18.7 Å². The number of nitrogens with one attached hydrogen (secondary N) is 1. The molecular weight excluding hydrogens is 371 g/mol. The maximum Gasteiger partial charge on any atom is 0.422 e. The maximum atomic E-state index is 12.2. The fourth-order valence-electron chi connectivity index (χ4n) is 2.06. The highest BCUT2D eigenvalue weighted by Gasteiger charge is 2.28. The molecule has 0 spiro atoms. The number of benzene rings is 2. The van der Waals surface area contributed by atoms with Crippen LogP contribution in [0.3, 0.4) is 0 Å². The Labute approximate surface area is 152 Å². The molecule has 4 nitrogen and oxygen atoms in total. The molecule has 0 aliphatic heterocycles. The number of carbonyl (C=O) groups is 2. The molecule has 0 aliphatic carbocycles. The van der Waals surface area contributed by atoms with E-state index in [0.29, 0.717) is 10.6 Å². The van der Waals surface area contributed by atoms with Gasteiger partial charge in [-0.05, 0) is 36.4 Å². The highest BCUT2D eigenvalue weighted by molar-refractivity contribution is 6.30. The molecule has 0 unspecified atom stereocenters. The highest BCUT2D eigenvalue weighted by atomic mass is 35.5. The number of carbonyl (C=O) groups excluding carboxylic acids is 2. The van der Waals surface area contributed by atoms with Crippen LogP contribution in [0.25, 0.3) is 0 Å². The van der Waals surface area contributed by atoms with Gasteiger partial charge in [-0.2, -0.15) is 13.2 Å². The van der Waals surface area contributed by atoms with Gasteiger partial charge >= 0.3 is 6.18 Å². The normalized spacial score (nSPS) is 11.1. The number of ether oxygens (including phenoxy) is 1. The number of halogens is 4. The second kappa shape index (κ2) is 8.71. The van der Waals surface area contributed by atoms with E-state index in [1.165, 1.54) is 24.3 Å². The van der Waals surface area contributed by atoms with Crippen LogP contribution in [-0.2, 0) is 4.79 Å². The molecule has 8 heteroatoms. The lowest BCUT2D eigenvalue weighted by molar-refractivity contribution is -0.153. The van der Waals surface area contributed by atoms with Crippen molar-refractivity contribution in [1.29, 1.82) is 0 Å². The second-order valence-corrected chi connectivity index (χ2v) is 5.85. The largest absolute Gasteiger partial charge is 0.484 e. The summed E-state index contributed by atoms with van der Waals surface area (Å²) in [7, 11) is 0. The van der Waals surface area contributed by atoms with Crippen LogP contribution in [0.2, 0.25) is 5.02 Å². The molecule has 2 aromatic rings. The van der Waals surface area contributed by atoms with Gasteiger partial charge in [-0.15, -0.1) is 0 Å². The van der Waals surface area contributed by atoms with E-state index in [-0.39, 0.29) is 30.1 Å². The lowest BCUT2D eigenvalue weighted by Crippen LogP contribution is -2.19. The molecule has 0 heterocycles. The van der Waals surface area contributed by atoms with Crippen molar-refractivity contribution in [2.24, 2.45) is 0 Å². The summed E-state index contributed by atoms with van der Waals surface area (Å²) in [5.74, 6) is -0.656. The first-order valence-electron chi connectivity index (χ1n) is 7.61. The van der Waals surface area contributed by atoms with Gasteiger partial charge in [0.1, 0.15) is 5.75 Å². The third-order valence-electron chi connectivity index (χ3n) is 3.27. The number of ketones is 1. The van der Waals surface area contributed by atoms with E-state index in [2.05, 4.69) is 10.1 Å². The Morgan fingerprint density at radius 2 is 1.73 bits per heavy atom. The highest BCUT2D eigenvalue weighted by Crippen LogP contribution is 2.21. The maximum absolute atomic E-state index is 12.2. The van der Waals surface area contributed by atoms with Gasteiger partial charge in [0.25, 0.3) is 0 Å². The Morgan fingerprint density at radius 1 is 1.04 bits per heavy atom. The van der Waals surface area contributed by atoms with E-state index >= 15 is 0 Å². The van der Waals surface area contributed by atoms with E-state index in [4.69, 9.17) is 11.6 Å². The minimum atomic E-state index is -4.44. The van der Waals surface area contributed by atoms with Gasteiger partial charge in [0, 0.05) is 35.2 Å². The lowest BCUT2D eigenvalue weighted by Gasteiger charge is -2.11. The summed E-state index contributed by atoms with van der Waals surface area (Å²) in [4.78, 5) is 23.9. The zero-order chi connectivity index (χ0) is 19.2. The predicted molar refractivity (Wildman–Crippen MR) is 91.6 cm³/mol. The van der Waals surface area contributed by atoms with E-state index in [1.54, 1.807) is 24.3 Å². The molecule has 0 radical (unpaired) electrons. The number of anilines is 1. The van der Waals surface area contributed by atoms with Crippen LogP contribution in [-0.4, -0.2) is 24.5 Å². The summed E-state index contributed by atoms with van der Waals surface area (Å²) in [5.41, 5.74) is 0.735. The molecule has 2 aromatic carbocycles. The van der Waals surface area contributed by atoms with Crippen LogP contribution in [0.15, 0.2) is 48.5 Å². The topological polar surface area (TPSA) is 55.4 Å². The first-order chi connectivity index (χ1) is 12.2. The van der Waals surface area contributed by atoms with Gasteiger partial charge in [-0.25, -0.2) is 0 Å². The number of amides is 1. The van der Waals surface area contributed by atoms with E-state index in [9.17, 15) is 22.8 Å². The first-order valence-corrected chi connectivity index (χ1v) is 7.99. The smallest absolute Gasteiger partial charge is 0.422 e. The molecule has 1 N–H and O–H groups in total. The summed E-state index contributed by atoms with van der Waals surface area (Å²) in [6.07, 6.45) is -4.51. The van der Waals surface area contributed by atoms with Crippen molar-refractivity contribution in [3.05, 3.63) is 59.1 Å². The molecule has 0 aromatic heterocycles. The summed E-state index contributed by atoms with van der Waals surface area (Å²) in [6.45, 7) is -1.42. The zero-order valence-electron chi connectivity index (χ0n) is 13.5. The molecule has 0 aliphatic rings. The third kappa shape index (κ3) is 6.76. The standard InChI is InChI=1S/C18H15ClF3NO3/c19-13-6-4-12(5-7-13)16(24)8-9-17(25)23-14-2-1-3-15(10-14)26-11-18(20,21)22/h1-7,10H,8-9,11H2,(H,23,25). The molecule has 0 bridgehead atoms. The van der Waals surface area contributed by atoms with Crippen molar-refractivity contribution < 1.29 is 27.5 Å². The number of hydrogen-bond acceptors (Lipinski definition) is 3. The van der Waals surface area contributed by atoms with Gasteiger partial charge < -0.3 is 10.1 Å². The fraction of sp³-hybridized carbons (Fsp3) is 0.222. The summed E-state index contributed by atoms with van der Waals surface area (Å²) >= 11 is 5.75. The Balaban J connectivity index is 1.85. The fourth-order valence-corrected chi connectivity index (χ4v) is 2.19. The first kappa shape index (κ1) is 19.8. The van der Waals surface area contributed by atoms with Gasteiger partial charge in [-0.3, -0.25) is 9.59 Å². The number of Topliss-reactive ketones (excluding diaryl/α,β-unsaturated/α-hetero) is 1. The summed E-state index contributed by atoms with van der Waals surface area (Å²) in [5, 5.41) is 3.03. The third-order valence-corrected chi connectivity index (χ3v) is 3.52.